The molecule has 0 heterocycles. The van der Waals surface area contributed by atoms with Gasteiger partial charge in [0.1, 0.15) is 5.75 Å². The molecule has 74 valence electrons. The second-order valence-electron chi connectivity index (χ2n) is 2.15. The summed E-state index contributed by atoms with van der Waals surface area (Å²) in [5.41, 5.74) is 0. The molecule has 0 radical (unpaired) electrons. The van der Waals surface area contributed by atoms with Gasteiger partial charge in [-0.25, -0.2) is 0 Å². The Morgan fingerprint density at radius 1 is 1.23 bits per heavy atom. The van der Waals surface area contributed by atoms with E-state index in [9.17, 15) is 8.42 Å². The zero-order chi connectivity index (χ0) is 9.19. The van der Waals surface area contributed by atoms with Crippen LogP contribution in [0.2, 0.25) is 0 Å². The molecule has 0 fully saturated rings. The van der Waals surface area contributed by atoms with E-state index in [2.05, 4.69) is 0 Å². The summed E-state index contributed by atoms with van der Waals surface area (Å²) < 4.78 is 34.5. The van der Waals surface area contributed by atoms with Gasteiger partial charge in [0, 0.05) is 0 Å². The molecule has 0 aromatic heterocycles. The number of benzene rings is 1. The number of hydrogen-bond acceptors (Lipinski definition) is 3. The predicted octanol–water partition coefficient (Wildman–Crippen LogP) is 1.05. The fourth-order valence-corrected chi connectivity index (χ4v) is 1.23. The van der Waals surface area contributed by atoms with Gasteiger partial charge in [0.2, 0.25) is 0 Å². The van der Waals surface area contributed by atoms with Gasteiger partial charge in [-0.3, -0.25) is 4.55 Å². The van der Waals surface area contributed by atoms with E-state index < -0.39 is 10.1 Å². The largest absolute Gasteiger partial charge is 0.497 e. The third kappa shape index (κ3) is 3.25. The van der Waals surface area contributed by atoms with Gasteiger partial charge in [-0.15, -0.1) is 0 Å². The summed E-state index contributed by atoms with van der Waals surface area (Å²) in [7, 11) is -2.61. The molecule has 0 unspecified atom stereocenters. The Bertz CT molecular complexity index is 355. The van der Waals surface area contributed by atoms with Gasteiger partial charge < -0.3 is 4.74 Å². The van der Waals surface area contributed by atoms with Crippen LogP contribution in [-0.2, 0) is 10.1 Å². The minimum atomic E-state index is -4.08. The summed E-state index contributed by atoms with van der Waals surface area (Å²) in [4.78, 5) is -0.136. The number of rotatable bonds is 2. The Morgan fingerprint density at radius 2 is 1.69 bits per heavy atom. The lowest BCUT2D eigenvalue weighted by atomic mass is 10.3. The first kappa shape index (κ1) is 12.3. The molecule has 0 bridgehead atoms. The molecule has 0 aliphatic carbocycles. The van der Waals surface area contributed by atoms with E-state index in [0.29, 0.717) is 5.75 Å². The highest BCUT2D eigenvalue weighted by atomic mass is 32.2. The van der Waals surface area contributed by atoms with Crippen LogP contribution in [-0.4, -0.2) is 20.1 Å². The highest BCUT2D eigenvalue weighted by Crippen LogP contribution is 2.14. The van der Waals surface area contributed by atoms with E-state index in [1.54, 1.807) is 0 Å². The zero-order valence-corrected chi connectivity index (χ0v) is 8.71. The van der Waals surface area contributed by atoms with E-state index >= 15 is 0 Å². The number of hydrogen-bond donors (Lipinski definition) is 1. The molecule has 0 aliphatic heterocycles. The minimum Gasteiger partial charge on any atom is -0.497 e. The third-order valence-corrected chi connectivity index (χ3v) is 2.23. The maximum Gasteiger partial charge on any atom is 0.294 e. The monoisotopic (exact) mass is 222 g/mol. The normalized spacial score (nSPS) is 10.3. The van der Waals surface area contributed by atoms with Gasteiger partial charge in [0.15, 0.2) is 0 Å². The molecule has 0 atom stereocenters. The van der Waals surface area contributed by atoms with Gasteiger partial charge in [-0.2, -0.15) is 21.9 Å². The molecular formula is C7H10O4S2. The molecule has 6 heteroatoms. The van der Waals surface area contributed by atoms with Crippen molar-refractivity contribution < 1.29 is 17.7 Å². The Kier molecular flexibility index (Phi) is 4.25. The van der Waals surface area contributed by atoms with Crippen molar-refractivity contribution in [1.82, 2.24) is 0 Å². The molecular weight excluding hydrogens is 212 g/mol. The van der Waals surface area contributed by atoms with E-state index in [4.69, 9.17) is 9.29 Å². The van der Waals surface area contributed by atoms with E-state index in [1.807, 2.05) is 0 Å². The SMILES string of the molecule is COc1ccc(S(=O)(=O)O)cc1.S. The minimum absolute atomic E-state index is 0. The molecule has 0 saturated heterocycles. The Balaban J connectivity index is 0.00000144. The van der Waals surface area contributed by atoms with Crippen LogP contribution in [0.25, 0.3) is 0 Å². The molecule has 1 rings (SSSR count). The quantitative estimate of drug-likeness (QED) is 0.760. The Labute approximate surface area is 83.7 Å². The summed E-state index contributed by atoms with van der Waals surface area (Å²) in [6.07, 6.45) is 0. The van der Waals surface area contributed by atoms with Gasteiger partial charge in [-0.05, 0) is 24.3 Å². The second kappa shape index (κ2) is 4.50. The third-order valence-electron chi connectivity index (χ3n) is 1.36. The van der Waals surface area contributed by atoms with Crippen LogP contribution in [0.4, 0.5) is 0 Å². The van der Waals surface area contributed by atoms with Crippen LogP contribution in [0.5, 0.6) is 5.75 Å². The van der Waals surface area contributed by atoms with Gasteiger partial charge >= 0.3 is 0 Å². The van der Waals surface area contributed by atoms with E-state index in [1.165, 1.54) is 31.4 Å². The molecule has 0 saturated carbocycles. The van der Waals surface area contributed by atoms with Gasteiger partial charge in [0.25, 0.3) is 10.1 Å². The van der Waals surface area contributed by atoms with Crippen molar-refractivity contribution in [3.8, 4) is 5.75 Å². The molecule has 13 heavy (non-hydrogen) atoms. The highest BCUT2D eigenvalue weighted by Gasteiger charge is 2.07. The molecule has 1 aromatic rings. The van der Waals surface area contributed by atoms with E-state index in [0.717, 1.165) is 0 Å². The van der Waals surface area contributed by atoms with Crippen LogP contribution in [0.15, 0.2) is 29.2 Å². The maximum absolute atomic E-state index is 10.5. The average Bonchev–Trinajstić information content (AvgIpc) is 2.03. The van der Waals surface area contributed by atoms with Crippen molar-refractivity contribution in [1.29, 1.82) is 0 Å². The second-order valence-corrected chi connectivity index (χ2v) is 3.57. The summed E-state index contributed by atoms with van der Waals surface area (Å²) in [6, 6.07) is 5.47. The lowest BCUT2D eigenvalue weighted by Gasteiger charge is -1.99. The van der Waals surface area contributed by atoms with Crippen molar-refractivity contribution in [3.05, 3.63) is 24.3 Å². The first-order valence-corrected chi connectivity index (χ1v) is 4.59. The molecule has 1 aromatic carbocycles. The van der Waals surface area contributed by atoms with Crippen LogP contribution in [0.3, 0.4) is 0 Å². The number of ether oxygens (including phenoxy) is 1. The van der Waals surface area contributed by atoms with Crippen molar-refractivity contribution >= 4 is 23.6 Å². The van der Waals surface area contributed by atoms with E-state index in [-0.39, 0.29) is 18.4 Å². The average molecular weight is 222 g/mol. The Morgan fingerprint density at radius 3 is 2.00 bits per heavy atom. The van der Waals surface area contributed by atoms with Crippen molar-refractivity contribution in [2.75, 3.05) is 7.11 Å². The lowest BCUT2D eigenvalue weighted by molar-refractivity contribution is 0.414. The topological polar surface area (TPSA) is 63.6 Å². The fourth-order valence-electron chi connectivity index (χ4n) is 0.748. The highest BCUT2D eigenvalue weighted by molar-refractivity contribution is 7.85. The molecule has 0 spiro atoms. The first-order chi connectivity index (χ1) is 5.54. The molecule has 1 N–H and O–H groups in total. The summed E-state index contributed by atoms with van der Waals surface area (Å²) >= 11 is 0. The van der Waals surface area contributed by atoms with Crippen molar-refractivity contribution in [3.63, 3.8) is 0 Å². The maximum atomic E-state index is 10.5. The standard InChI is InChI=1S/C7H8O4S.H2S/c1-11-6-2-4-7(5-3-6)12(8,9)10;/h2-5H,1H3,(H,8,9,10);1H2. The molecule has 0 aliphatic rings. The summed E-state index contributed by atoms with van der Waals surface area (Å²) in [5, 5.41) is 0. The van der Waals surface area contributed by atoms with Crippen molar-refractivity contribution in [2.45, 2.75) is 4.90 Å². The number of methoxy groups -OCH3 is 1. The summed E-state index contributed by atoms with van der Waals surface area (Å²) in [5.74, 6) is 0.544. The van der Waals surface area contributed by atoms with Crippen LogP contribution in [0, 0.1) is 0 Å². The lowest BCUT2D eigenvalue weighted by Crippen LogP contribution is -1.97. The summed E-state index contributed by atoms with van der Waals surface area (Å²) in [6.45, 7) is 0. The fraction of sp³-hybridized carbons (Fsp3) is 0.143. The predicted molar refractivity (Wildman–Crippen MR) is 53.2 cm³/mol. The van der Waals surface area contributed by atoms with Crippen LogP contribution >= 0.6 is 13.5 Å². The van der Waals surface area contributed by atoms with Crippen LogP contribution in [0.1, 0.15) is 0 Å². The van der Waals surface area contributed by atoms with Gasteiger partial charge in [0.05, 0.1) is 12.0 Å². The Hall–Kier alpha value is -0.720. The first-order valence-electron chi connectivity index (χ1n) is 3.15. The smallest absolute Gasteiger partial charge is 0.294 e. The van der Waals surface area contributed by atoms with Gasteiger partial charge in [-0.1, -0.05) is 0 Å². The van der Waals surface area contributed by atoms with Crippen molar-refractivity contribution in [2.24, 2.45) is 0 Å². The van der Waals surface area contributed by atoms with Crippen LogP contribution < -0.4 is 4.74 Å². The zero-order valence-electron chi connectivity index (χ0n) is 6.89. The molecule has 0 amide bonds. The molecule has 4 nitrogen and oxygen atoms in total.